The minimum atomic E-state index is 0.234. The second-order valence-corrected chi connectivity index (χ2v) is 6.80. The van der Waals surface area contributed by atoms with Crippen LogP contribution in [0.25, 0.3) is 0 Å². The summed E-state index contributed by atoms with van der Waals surface area (Å²) in [5, 5.41) is 0. The summed E-state index contributed by atoms with van der Waals surface area (Å²) in [5.74, 6) is 1.09. The standard InChI is InChI=1S/C19H28N4O3/c1-26-18-4-2-17(3-5-18)22-12-14-23(15-13-22)19(25)6-7-20-8-10-21(16-24)11-9-20/h2-5,16H,6-15H2,1H3. The first-order chi connectivity index (χ1) is 12.7. The number of methoxy groups -OCH3 is 1. The lowest BCUT2D eigenvalue weighted by molar-refractivity contribution is -0.132. The fourth-order valence-corrected chi connectivity index (χ4v) is 3.51. The third kappa shape index (κ3) is 4.66. The zero-order valence-electron chi connectivity index (χ0n) is 15.5. The van der Waals surface area contributed by atoms with Gasteiger partial charge < -0.3 is 19.4 Å². The molecular formula is C19H28N4O3. The molecule has 2 aliphatic rings. The van der Waals surface area contributed by atoms with Crippen molar-refractivity contribution in [1.82, 2.24) is 14.7 Å². The lowest BCUT2D eigenvalue weighted by atomic mass is 10.2. The molecule has 2 aliphatic heterocycles. The monoisotopic (exact) mass is 360 g/mol. The lowest BCUT2D eigenvalue weighted by Crippen LogP contribution is -2.50. The molecule has 2 amide bonds. The molecule has 0 saturated carbocycles. The van der Waals surface area contributed by atoms with Gasteiger partial charge in [0.05, 0.1) is 7.11 Å². The molecule has 1 aromatic rings. The van der Waals surface area contributed by atoms with Gasteiger partial charge in [0.25, 0.3) is 0 Å². The number of ether oxygens (including phenoxy) is 1. The Balaban J connectivity index is 1.40. The number of nitrogens with zero attached hydrogens (tertiary/aromatic N) is 4. The van der Waals surface area contributed by atoms with Crippen LogP contribution in [0.1, 0.15) is 6.42 Å². The lowest BCUT2D eigenvalue weighted by Gasteiger charge is -2.37. The van der Waals surface area contributed by atoms with Gasteiger partial charge >= 0.3 is 0 Å². The predicted molar refractivity (Wildman–Crippen MR) is 100 cm³/mol. The Morgan fingerprint density at radius 3 is 2.23 bits per heavy atom. The van der Waals surface area contributed by atoms with E-state index >= 15 is 0 Å². The maximum Gasteiger partial charge on any atom is 0.223 e. The molecule has 0 aromatic heterocycles. The number of amides is 2. The average molecular weight is 360 g/mol. The normalized spacial score (nSPS) is 18.7. The first kappa shape index (κ1) is 18.5. The van der Waals surface area contributed by atoms with Crippen molar-refractivity contribution < 1.29 is 14.3 Å². The largest absolute Gasteiger partial charge is 0.497 e. The van der Waals surface area contributed by atoms with Crippen molar-refractivity contribution >= 4 is 18.0 Å². The molecule has 0 spiro atoms. The minimum Gasteiger partial charge on any atom is -0.497 e. The van der Waals surface area contributed by atoms with Gasteiger partial charge in [-0.1, -0.05) is 0 Å². The van der Waals surface area contributed by atoms with Gasteiger partial charge in [0.1, 0.15) is 5.75 Å². The Kier molecular flexibility index (Phi) is 6.33. The van der Waals surface area contributed by atoms with Crippen LogP contribution in [0.2, 0.25) is 0 Å². The number of hydrogen-bond donors (Lipinski definition) is 0. The Hall–Kier alpha value is -2.28. The highest BCUT2D eigenvalue weighted by Gasteiger charge is 2.22. The number of carbonyl (C=O) groups is 2. The van der Waals surface area contributed by atoms with Gasteiger partial charge in [0.15, 0.2) is 0 Å². The van der Waals surface area contributed by atoms with Gasteiger partial charge in [-0.2, -0.15) is 0 Å². The molecule has 2 fully saturated rings. The molecule has 1 aromatic carbocycles. The molecule has 0 unspecified atom stereocenters. The third-order valence-corrected chi connectivity index (χ3v) is 5.27. The van der Waals surface area contributed by atoms with Gasteiger partial charge in [0, 0.05) is 71.0 Å². The molecule has 3 rings (SSSR count). The molecule has 26 heavy (non-hydrogen) atoms. The molecule has 0 radical (unpaired) electrons. The molecular weight excluding hydrogens is 332 g/mol. The fourth-order valence-electron chi connectivity index (χ4n) is 3.51. The maximum atomic E-state index is 12.5. The molecule has 2 saturated heterocycles. The van der Waals surface area contributed by atoms with Crippen molar-refractivity contribution in [3.05, 3.63) is 24.3 Å². The molecule has 2 heterocycles. The van der Waals surface area contributed by atoms with Crippen molar-refractivity contribution in [2.24, 2.45) is 0 Å². The highest BCUT2D eigenvalue weighted by atomic mass is 16.5. The summed E-state index contributed by atoms with van der Waals surface area (Å²) in [6, 6.07) is 8.07. The van der Waals surface area contributed by atoms with Crippen LogP contribution in [0.15, 0.2) is 24.3 Å². The summed E-state index contributed by atoms with van der Waals surface area (Å²) < 4.78 is 5.20. The maximum absolute atomic E-state index is 12.5. The first-order valence-electron chi connectivity index (χ1n) is 9.28. The van der Waals surface area contributed by atoms with Gasteiger partial charge in [-0.05, 0) is 24.3 Å². The van der Waals surface area contributed by atoms with E-state index in [1.165, 1.54) is 5.69 Å². The molecule has 7 nitrogen and oxygen atoms in total. The van der Waals surface area contributed by atoms with E-state index in [1.807, 2.05) is 17.0 Å². The number of hydrogen-bond acceptors (Lipinski definition) is 5. The zero-order chi connectivity index (χ0) is 18.4. The molecule has 0 bridgehead atoms. The van der Waals surface area contributed by atoms with Crippen molar-refractivity contribution in [3.8, 4) is 5.75 Å². The minimum absolute atomic E-state index is 0.234. The highest BCUT2D eigenvalue weighted by Crippen LogP contribution is 2.20. The van der Waals surface area contributed by atoms with Gasteiger partial charge in [-0.25, -0.2) is 0 Å². The van der Waals surface area contributed by atoms with Gasteiger partial charge in [-0.3, -0.25) is 14.5 Å². The van der Waals surface area contributed by atoms with E-state index in [0.29, 0.717) is 6.42 Å². The van der Waals surface area contributed by atoms with Crippen molar-refractivity contribution in [3.63, 3.8) is 0 Å². The average Bonchev–Trinajstić information content (AvgIpc) is 2.72. The van der Waals surface area contributed by atoms with Crippen LogP contribution in [0.3, 0.4) is 0 Å². The van der Waals surface area contributed by atoms with Crippen LogP contribution in [0, 0.1) is 0 Å². The van der Waals surface area contributed by atoms with E-state index in [0.717, 1.165) is 71.1 Å². The Labute approximate surface area is 155 Å². The summed E-state index contributed by atoms with van der Waals surface area (Å²) in [7, 11) is 1.67. The molecule has 142 valence electrons. The van der Waals surface area contributed by atoms with Crippen LogP contribution in [-0.4, -0.2) is 93.0 Å². The number of rotatable bonds is 6. The van der Waals surface area contributed by atoms with Crippen LogP contribution >= 0.6 is 0 Å². The van der Waals surface area contributed by atoms with E-state index in [9.17, 15) is 9.59 Å². The topological polar surface area (TPSA) is 56.3 Å². The number of carbonyl (C=O) groups excluding carboxylic acids is 2. The van der Waals surface area contributed by atoms with Crippen LogP contribution < -0.4 is 9.64 Å². The summed E-state index contributed by atoms with van der Waals surface area (Å²) >= 11 is 0. The predicted octanol–water partition coefficient (Wildman–Crippen LogP) is 0.508. The number of piperazine rings is 2. The van der Waals surface area contributed by atoms with Gasteiger partial charge in [0.2, 0.25) is 12.3 Å². The van der Waals surface area contributed by atoms with Crippen molar-refractivity contribution in [1.29, 1.82) is 0 Å². The molecule has 0 aliphatic carbocycles. The summed E-state index contributed by atoms with van der Waals surface area (Å²) in [6.45, 7) is 7.27. The van der Waals surface area contributed by atoms with Crippen LogP contribution in [0.4, 0.5) is 5.69 Å². The van der Waals surface area contributed by atoms with Gasteiger partial charge in [-0.15, -0.1) is 0 Å². The van der Waals surface area contributed by atoms with E-state index < -0.39 is 0 Å². The second-order valence-electron chi connectivity index (χ2n) is 6.80. The quantitative estimate of drug-likeness (QED) is 0.692. The molecule has 0 atom stereocenters. The number of anilines is 1. The summed E-state index contributed by atoms with van der Waals surface area (Å²) in [4.78, 5) is 31.6. The smallest absolute Gasteiger partial charge is 0.223 e. The summed E-state index contributed by atoms with van der Waals surface area (Å²) in [5.41, 5.74) is 1.17. The Morgan fingerprint density at radius 1 is 1.00 bits per heavy atom. The zero-order valence-corrected chi connectivity index (χ0v) is 15.5. The first-order valence-corrected chi connectivity index (χ1v) is 9.28. The van der Waals surface area contributed by atoms with E-state index in [2.05, 4.69) is 21.9 Å². The highest BCUT2D eigenvalue weighted by molar-refractivity contribution is 5.76. The van der Waals surface area contributed by atoms with Crippen LogP contribution in [0.5, 0.6) is 5.75 Å². The van der Waals surface area contributed by atoms with E-state index in [4.69, 9.17) is 4.74 Å². The van der Waals surface area contributed by atoms with Crippen LogP contribution in [-0.2, 0) is 9.59 Å². The molecule has 7 heteroatoms. The Morgan fingerprint density at radius 2 is 1.65 bits per heavy atom. The Bertz CT molecular complexity index is 591. The van der Waals surface area contributed by atoms with E-state index in [-0.39, 0.29) is 5.91 Å². The SMILES string of the molecule is COc1ccc(N2CCN(C(=O)CCN3CCN(C=O)CC3)CC2)cc1. The fraction of sp³-hybridized carbons (Fsp3) is 0.579. The van der Waals surface area contributed by atoms with Crippen molar-refractivity contribution in [2.75, 3.05) is 70.9 Å². The number of benzene rings is 1. The molecule has 0 N–H and O–H groups in total. The third-order valence-electron chi connectivity index (χ3n) is 5.27. The van der Waals surface area contributed by atoms with E-state index in [1.54, 1.807) is 12.0 Å². The summed E-state index contributed by atoms with van der Waals surface area (Å²) in [6.07, 6.45) is 1.47. The van der Waals surface area contributed by atoms with Crippen molar-refractivity contribution in [2.45, 2.75) is 6.42 Å². The second kappa shape index (κ2) is 8.89.